The van der Waals surface area contributed by atoms with E-state index >= 15 is 0 Å². The molecule has 3 N–H and O–H groups in total. The molecule has 0 aliphatic heterocycles. The summed E-state index contributed by atoms with van der Waals surface area (Å²) in [6, 6.07) is 12.4. The molecular formula is C16H17ClN2O2. The Kier molecular flexibility index (Phi) is 5.06. The van der Waals surface area contributed by atoms with Gasteiger partial charge >= 0.3 is 0 Å². The zero-order chi connectivity index (χ0) is 15.2. The van der Waals surface area contributed by atoms with Gasteiger partial charge in [-0.3, -0.25) is 4.79 Å². The number of halogens is 1. The number of rotatable bonds is 5. The highest BCUT2D eigenvalue weighted by Gasteiger charge is 2.06. The number of benzene rings is 2. The highest BCUT2D eigenvalue weighted by molar-refractivity contribution is 6.31. The number of hydrogen-bond acceptors (Lipinski definition) is 3. The number of anilines is 1. The molecule has 5 heteroatoms. The van der Waals surface area contributed by atoms with Crippen LogP contribution in [0.4, 0.5) is 5.69 Å². The van der Waals surface area contributed by atoms with Gasteiger partial charge in [0.2, 0.25) is 0 Å². The van der Waals surface area contributed by atoms with Crippen molar-refractivity contribution in [1.82, 2.24) is 5.32 Å². The fourth-order valence-corrected chi connectivity index (χ4v) is 1.95. The van der Waals surface area contributed by atoms with Gasteiger partial charge < -0.3 is 15.8 Å². The molecule has 0 aromatic heterocycles. The van der Waals surface area contributed by atoms with Crippen molar-refractivity contribution in [3.8, 4) is 5.75 Å². The van der Waals surface area contributed by atoms with Crippen LogP contribution < -0.4 is 15.8 Å². The molecule has 0 fully saturated rings. The lowest BCUT2D eigenvalue weighted by molar-refractivity contribution is 0.0947. The second kappa shape index (κ2) is 6.99. The van der Waals surface area contributed by atoms with E-state index in [1.165, 1.54) is 0 Å². The number of aryl methyl sites for hydroxylation is 1. The van der Waals surface area contributed by atoms with Crippen LogP contribution in [0.2, 0.25) is 5.02 Å². The van der Waals surface area contributed by atoms with E-state index in [2.05, 4.69) is 5.32 Å². The minimum absolute atomic E-state index is 0.173. The Balaban J connectivity index is 1.80. The normalized spacial score (nSPS) is 10.2. The highest BCUT2D eigenvalue weighted by Crippen LogP contribution is 2.16. The Morgan fingerprint density at radius 2 is 2.10 bits per heavy atom. The molecule has 0 radical (unpaired) electrons. The van der Waals surface area contributed by atoms with Crippen molar-refractivity contribution in [2.75, 3.05) is 18.9 Å². The second-order valence-corrected chi connectivity index (χ2v) is 5.05. The third kappa shape index (κ3) is 4.39. The number of amides is 1. The second-order valence-electron chi connectivity index (χ2n) is 4.64. The van der Waals surface area contributed by atoms with Gasteiger partial charge in [0.25, 0.3) is 5.91 Å². The molecule has 0 unspecified atom stereocenters. The summed E-state index contributed by atoms with van der Waals surface area (Å²) < 4.78 is 5.50. The van der Waals surface area contributed by atoms with Gasteiger partial charge in [-0.1, -0.05) is 23.7 Å². The van der Waals surface area contributed by atoms with Crippen LogP contribution in [0.3, 0.4) is 0 Å². The quantitative estimate of drug-likeness (QED) is 0.659. The van der Waals surface area contributed by atoms with Crippen molar-refractivity contribution in [3.05, 3.63) is 58.6 Å². The summed E-state index contributed by atoms with van der Waals surface area (Å²) in [5, 5.41) is 3.36. The number of nitrogen functional groups attached to an aromatic ring is 1. The first-order valence-electron chi connectivity index (χ1n) is 6.59. The van der Waals surface area contributed by atoms with Crippen molar-refractivity contribution in [2.24, 2.45) is 0 Å². The molecule has 0 saturated carbocycles. The van der Waals surface area contributed by atoms with E-state index in [-0.39, 0.29) is 5.91 Å². The molecule has 0 bridgehead atoms. The van der Waals surface area contributed by atoms with Gasteiger partial charge in [-0.05, 0) is 36.8 Å². The molecule has 1 amide bonds. The zero-order valence-electron chi connectivity index (χ0n) is 11.7. The number of ether oxygens (including phenoxy) is 1. The molecule has 4 nitrogen and oxygen atoms in total. The number of carbonyl (C=O) groups excluding carboxylic acids is 1. The van der Waals surface area contributed by atoms with Crippen LogP contribution in [-0.2, 0) is 0 Å². The largest absolute Gasteiger partial charge is 0.492 e. The minimum Gasteiger partial charge on any atom is -0.492 e. The average molecular weight is 305 g/mol. The average Bonchev–Trinajstić information content (AvgIpc) is 2.46. The van der Waals surface area contributed by atoms with Crippen LogP contribution in [0, 0.1) is 6.92 Å². The van der Waals surface area contributed by atoms with E-state index < -0.39 is 0 Å². The van der Waals surface area contributed by atoms with Crippen molar-refractivity contribution in [2.45, 2.75) is 6.92 Å². The topological polar surface area (TPSA) is 64.3 Å². The van der Waals surface area contributed by atoms with E-state index in [1.807, 2.05) is 25.1 Å². The van der Waals surface area contributed by atoms with E-state index in [0.717, 1.165) is 5.56 Å². The molecule has 0 saturated heterocycles. The fraction of sp³-hybridized carbons (Fsp3) is 0.188. The maximum atomic E-state index is 11.9. The molecule has 110 valence electrons. The van der Waals surface area contributed by atoms with Crippen LogP contribution in [0.5, 0.6) is 5.75 Å². The number of nitrogens with two attached hydrogens (primary N) is 1. The summed E-state index contributed by atoms with van der Waals surface area (Å²) in [6.07, 6.45) is 0. The molecule has 21 heavy (non-hydrogen) atoms. The maximum absolute atomic E-state index is 11.9. The van der Waals surface area contributed by atoms with Gasteiger partial charge in [0.05, 0.1) is 6.54 Å². The summed E-state index contributed by atoms with van der Waals surface area (Å²) in [4.78, 5) is 11.9. The van der Waals surface area contributed by atoms with Crippen molar-refractivity contribution in [1.29, 1.82) is 0 Å². The predicted octanol–water partition coefficient (Wildman–Crippen LogP) is 3.04. The van der Waals surface area contributed by atoms with E-state index in [4.69, 9.17) is 22.1 Å². The third-order valence-electron chi connectivity index (χ3n) is 2.95. The Hall–Kier alpha value is -2.20. The number of hydrogen-bond donors (Lipinski definition) is 2. The lowest BCUT2D eigenvalue weighted by Crippen LogP contribution is -2.28. The first-order valence-corrected chi connectivity index (χ1v) is 6.97. The predicted molar refractivity (Wildman–Crippen MR) is 84.9 cm³/mol. The Morgan fingerprint density at radius 3 is 2.81 bits per heavy atom. The third-order valence-corrected chi connectivity index (χ3v) is 3.36. The van der Waals surface area contributed by atoms with Crippen LogP contribution >= 0.6 is 11.6 Å². The molecule has 0 heterocycles. The SMILES string of the molecule is Cc1ccc(C(=O)NCCOc2cccc(N)c2)cc1Cl. The summed E-state index contributed by atoms with van der Waals surface area (Å²) in [5.41, 5.74) is 7.77. The van der Waals surface area contributed by atoms with Crippen molar-refractivity contribution >= 4 is 23.2 Å². The summed E-state index contributed by atoms with van der Waals surface area (Å²) in [7, 11) is 0. The van der Waals surface area contributed by atoms with Crippen LogP contribution in [0.15, 0.2) is 42.5 Å². The van der Waals surface area contributed by atoms with E-state index in [9.17, 15) is 4.79 Å². The molecule has 0 aliphatic rings. The highest BCUT2D eigenvalue weighted by atomic mass is 35.5. The summed E-state index contributed by atoms with van der Waals surface area (Å²) >= 11 is 6.00. The fourth-order valence-electron chi connectivity index (χ4n) is 1.77. The van der Waals surface area contributed by atoms with Crippen molar-refractivity contribution in [3.63, 3.8) is 0 Å². The Bertz CT molecular complexity index is 644. The molecule has 2 rings (SSSR count). The molecule has 0 atom stereocenters. The van der Waals surface area contributed by atoms with Crippen LogP contribution in [0.1, 0.15) is 15.9 Å². The summed E-state index contributed by atoms with van der Waals surface area (Å²) in [5.74, 6) is 0.510. The van der Waals surface area contributed by atoms with E-state index in [0.29, 0.717) is 35.2 Å². The van der Waals surface area contributed by atoms with Crippen LogP contribution in [0.25, 0.3) is 0 Å². The molecule has 0 spiro atoms. The first-order chi connectivity index (χ1) is 10.1. The van der Waals surface area contributed by atoms with Gasteiger partial charge in [0.1, 0.15) is 12.4 Å². The molecular weight excluding hydrogens is 288 g/mol. The van der Waals surface area contributed by atoms with Crippen molar-refractivity contribution < 1.29 is 9.53 Å². The zero-order valence-corrected chi connectivity index (χ0v) is 12.5. The maximum Gasteiger partial charge on any atom is 0.251 e. The van der Waals surface area contributed by atoms with Gasteiger partial charge in [-0.15, -0.1) is 0 Å². The first kappa shape index (κ1) is 15.2. The molecule has 0 aliphatic carbocycles. The van der Waals surface area contributed by atoms with E-state index in [1.54, 1.807) is 24.3 Å². The number of nitrogens with one attached hydrogen (secondary N) is 1. The van der Waals surface area contributed by atoms with Gasteiger partial charge in [0, 0.05) is 22.3 Å². The van der Waals surface area contributed by atoms with Crippen LogP contribution in [-0.4, -0.2) is 19.1 Å². The van der Waals surface area contributed by atoms with Gasteiger partial charge in [0.15, 0.2) is 0 Å². The minimum atomic E-state index is -0.173. The monoisotopic (exact) mass is 304 g/mol. The van der Waals surface area contributed by atoms with Gasteiger partial charge in [-0.25, -0.2) is 0 Å². The number of carbonyl (C=O) groups is 1. The Morgan fingerprint density at radius 1 is 1.29 bits per heavy atom. The standard InChI is InChI=1S/C16H17ClN2O2/c1-11-5-6-12(9-15(11)17)16(20)19-7-8-21-14-4-2-3-13(18)10-14/h2-6,9-10H,7-8,18H2,1H3,(H,19,20). The summed E-state index contributed by atoms with van der Waals surface area (Å²) in [6.45, 7) is 2.66. The lowest BCUT2D eigenvalue weighted by atomic mass is 10.1. The smallest absolute Gasteiger partial charge is 0.251 e. The molecule has 2 aromatic carbocycles. The lowest BCUT2D eigenvalue weighted by Gasteiger charge is -2.09. The van der Waals surface area contributed by atoms with Gasteiger partial charge in [-0.2, -0.15) is 0 Å². The molecule has 2 aromatic rings. The Labute approximate surface area is 128 Å².